The van der Waals surface area contributed by atoms with Crippen LogP contribution in [0.25, 0.3) is 11.0 Å². The van der Waals surface area contributed by atoms with Crippen molar-refractivity contribution < 1.29 is 9.18 Å². The molecule has 9 nitrogen and oxygen atoms in total. The first-order valence-electron chi connectivity index (χ1n) is 11.6. The number of nitrogens with one attached hydrogen (secondary N) is 2. The summed E-state index contributed by atoms with van der Waals surface area (Å²) >= 11 is 0. The van der Waals surface area contributed by atoms with Gasteiger partial charge in [0.1, 0.15) is 11.7 Å². The molecule has 0 unspecified atom stereocenters. The van der Waals surface area contributed by atoms with E-state index in [-0.39, 0.29) is 18.5 Å². The van der Waals surface area contributed by atoms with Gasteiger partial charge in [-0.3, -0.25) is 14.8 Å². The van der Waals surface area contributed by atoms with Crippen LogP contribution in [-0.2, 0) is 13.1 Å². The molecule has 1 saturated heterocycles. The quantitative estimate of drug-likeness (QED) is 0.470. The summed E-state index contributed by atoms with van der Waals surface area (Å²) in [6.45, 7) is 5.59. The number of aromatic amines is 1. The first-order valence-corrected chi connectivity index (χ1v) is 11.6. The number of benzene rings is 2. The molecule has 0 bridgehead atoms. The summed E-state index contributed by atoms with van der Waals surface area (Å²) in [7, 11) is 0. The zero-order chi connectivity index (χ0) is 24.1. The molecule has 2 aliphatic heterocycles. The molecule has 1 amide bonds. The van der Waals surface area contributed by atoms with E-state index in [2.05, 4.69) is 50.5 Å². The van der Waals surface area contributed by atoms with Crippen LogP contribution in [0.3, 0.4) is 0 Å². The minimum absolute atomic E-state index is 0.0678. The summed E-state index contributed by atoms with van der Waals surface area (Å²) < 4.78 is 15.1. The van der Waals surface area contributed by atoms with Crippen LogP contribution in [-0.4, -0.2) is 66.4 Å². The SMILES string of the molecule is Cc1cc(C)cc(Nc2ncc3c(n2)CN([C@H]2CN(C(=O)c4ccc5[nH]nnc5c4)C[C@H]2F)C3)c1. The Labute approximate surface area is 201 Å². The molecule has 0 radical (unpaired) electrons. The molecule has 2 aromatic heterocycles. The van der Waals surface area contributed by atoms with Crippen LogP contribution in [0.2, 0.25) is 0 Å². The van der Waals surface area contributed by atoms with E-state index in [1.807, 2.05) is 18.3 Å². The molecule has 2 aromatic carbocycles. The van der Waals surface area contributed by atoms with E-state index in [1.165, 1.54) is 0 Å². The molecule has 0 saturated carbocycles. The lowest BCUT2D eigenvalue weighted by atomic mass is 10.1. The maximum absolute atomic E-state index is 15.1. The molecule has 4 aromatic rings. The highest BCUT2D eigenvalue weighted by molar-refractivity contribution is 5.97. The molecule has 4 heterocycles. The number of fused-ring (bicyclic) bond motifs is 2. The summed E-state index contributed by atoms with van der Waals surface area (Å²) in [5, 5.41) is 13.8. The molecule has 6 rings (SSSR count). The van der Waals surface area contributed by atoms with Gasteiger partial charge in [0.15, 0.2) is 0 Å². The summed E-state index contributed by atoms with van der Waals surface area (Å²) in [6, 6.07) is 11.0. The maximum Gasteiger partial charge on any atom is 0.254 e. The van der Waals surface area contributed by atoms with Crippen molar-refractivity contribution in [2.45, 2.75) is 39.2 Å². The predicted octanol–water partition coefficient (Wildman–Crippen LogP) is 3.29. The van der Waals surface area contributed by atoms with Crippen molar-refractivity contribution in [1.29, 1.82) is 0 Å². The highest BCUT2D eigenvalue weighted by atomic mass is 19.1. The number of alkyl halides is 1. The summed E-state index contributed by atoms with van der Waals surface area (Å²) in [5.74, 6) is 0.329. The van der Waals surface area contributed by atoms with Gasteiger partial charge in [0.2, 0.25) is 5.95 Å². The third-order valence-electron chi connectivity index (χ3n) is 6.71. The van der Waals surface area contributed by atoms with Crippen LogP contribution in [0.15, 0.2) is 42.6 Å². The van der Waals surface area contributed by atoms with Gasteiger partial charge in [-0.2, -0.15) is 0 Å². The molecule has 0 aliphatic carbocycles. The molecule has 178 valence electrons. The fourth-order valence-electron chi connectivity index (χ4n) is 5.06. The van der Waals surface area contributed by atoms with E-state index in [4.69, 9.17) is 4.98 Å². The fraction of sp³-hybridized carbons (Fsp3) is 0.320. The standard InChI is InChI=1S/C25H25FN8O/c1-14-5-15(2)7-18(6-14)28-25-27-9-17-10-33(12-22(17)29-25)23-13-34(11-19(23)26)24(35)16-3-4-20-21(8-16)31-32-30-20/h3-9,19,23H,10-13H2,1-2H3,(H,27,28,29)(H,30,31,32)/t19-,23+/m1/s1. The zero-order valence-corrected chi connectivity index (χ0v) is 19.5. The van der Waals surface area contributed by atoms with Crippen molar-refractivity contribution in [2.75, 3.05) is 18.4 Å². The monoisotopic (exact) mass is 472 g/mol. The highest BCUT2D eigenvalue weighted by Crippen LogP contribution is 2.30. The van der Waals surface area contributed by atoms with Crippen molar-refractivity contribution in [1.82, 2.24) is 35.2 Å². The van der Waals surface area contributed by atoms with Gasteiger partial charge in [-0.15, -0.1) is 5.10 Å². The third kappa shape index (κ3) is 4.10. The fourth-order valence-corrected chi connectivity index (χ4v) is 5.06. The highest BCUT2D eigenvalue weighted by Gasteiger charge is 2.41. The zero-order valence-electron chi connectivity index (χ0n) is 19.5. The lowest BCUT2D eigenvalue weighted by molar-refractivity contribution is 0.0775. The van der Waals surface area contributed by atoms with Crippen LogP contribution < -0.4 is 5.32 Å². The van der Waals surface area contributed by atoms with E-state index in [0.29, 0.717) is 36.7 Å². The lowest BCUT2D eigenvalue weighted by Gasteiger charge is -2.24. The molecular formula is C25H25FN8O. The Morgan fingerprint density at radius 3 is 2.77 bits per heavy atom. The molecule has 2 N–H and O–H groups in total. The number of rotatable bonds is 4. The number of carbonyl (C=O) groups excluding carboxylic acids is 1. The topological polar surface area (TPSA) is 103 Å². The summed E-state index contributed by atoms with van der Waals surface area (Å²) in [4.78, 5) is 25.9. The number of aromatic nitrogens is 5. The number of H-pyrrole nitrogens is 1. The van der Waals surface area contributed by atoms with E-state index < -0.39 is 6.17 Å². The Morgan fingerprint density at radius 2 is 1.94 bits per heavy atom. The predicted molar refractivity (Wildman–Crippen MR) is 129 cm³/mol. The van der Waals surface area contributed by atoms with Gasteiger partial charge in [-0.25, -0.2) is 14.4 Å². The van der Waals surface area contributed by atoms with Crippen LogP contribution in [0.5, 0.6) is 0 Å². The van der Waals surface area contributed by atoms with Crippen molar-refractivity contribution in [3.05, 3.63) is 70.5 Å². The van der Waals surface area contributed by atoms with Gasteiger partial charge >= 0.3 is 0 Å². The van der Waals surface area contributed by atoms with Gasteiger partial charge in [-0.05, 0) is 55.3 Å². The van der Waals surface area contributed by atoms with Crippen molar-refractivity contribution in [3.63, 3.8) is 0 Å². The van der Waals surface area contributed by atoms with Gasteiger partial charge in [0.05, 0.1) is 23.8 Å². The Morgan fingerprint density at radius 1 is 1.11 bits per heavy atom. The van der Waals surface area contributed by atoms with Gasteiger partial charge < -0.3 is 10.2 Å². The average molecular weight is 473 g/mol. The lowest BCUT2D eigenvalue weighted by Crippen LogP contribution is -2.38. The van der Waals surface area contributed by atoms with E-state index >= 15 is 4.39 Å². The van der Waals surface area contributed by atoms with Gasteiger partial charge in [0.25, 0.3) is 5.91 Å². The number of carbonyl (C=O) groups is 1. The van der Waals surface area contributed by atoms with Crippen LogP contribution in [0, 0.1) is 13.8 Å². The number of anilines is 2. The second-order valence-electron chi connectivity index (χ2n) is 9.41. The molecule has 10 heteroatoms. The molecule has 2 aliphatic rings. The third-order valence-corrected chi connectivity index (χ3v) is 6.71. The Hall–Kier alpha value is -3.92. The van der Waals surface area contributed by atoms with Crippen molar-refractivity contribution >= 4 is 28.6 Å². The van der Waals surface area contributed by atoms with Gasteiger partial charge in [0, 0.05) is 42.6 Å². The largest absolute Gasteiger partial charge is 0.334 e. The molecule has 35 heavy (non-hydrogen) atoms. The van der Waals surface area contributed by atoms with Crippen molar-refractivity contribution in [3.8, 4) is 0 Å². The minimum atomic E-state index is -1.13. The molecular weight excluding hydrogens is 447 g/mol. The van der Waals surface area contributed by atoms with Crippen molar-refractivity contribution in [2.24, 2.45) is 0 Å². The first-order chi connectivity index (χ1) is 16.9. The average Bonchev–Trinajstić information content (AvgIpc) is 3.54. The van der Waals surface area contributed by atoms with E-state index in [0.717, 1.165) is 33.6 Å². The maximum atomic E-state index is 15.1. The number of amides is 1. The number of halogens is 1. The Bertz CT molecular complexity index is 1420. The molecule has 2 atom stereocenters. The number of likely N-dealkylation sites (tertiary alicyclic amines) is 1. The Kier molecular flexibility index (Phi) is 5.18. The second kappa shape index (κ2) is 8.38. The minimum Gasteiger partial charge on any atom is -0.334 e. The van der Waals surface area contributed by atoms with E-state index in [1.54, 1.807) is 23.1 Å². The van der Waals surface area contributed by atoms with Crippen LogP contribution in [0.4, 0.5) is 16.0 Å². The normalized spacial score (nSPS) is 19.9. The summed E-state index contributed by atoms with van der Waals surface area (Å²) in [6.07, 6.45) is 0.677. The van der Waals surface area contributed by atoms with E-state index in [9.17, 15) is 4.79 Å². The van der Waals surface area contributed by atoms with Crippen LogP contribution in [0.1, 0.15) is 32.7 Å². The van der Waals surface area contributed by atoms with Gasteiger partial charge in [-0.1, -0.05) is 11.3 Å². The number of aryl methyl sites for hydroxylation is 2. The smallest absolute Gasteiger partial charge is 0.254 e. The first kappa shape index (κ1) is 21.6. The number of nitrogens with zero attached hydrogens (tertiary/aromatic N) is 6. The Balaban J connectivity index is 1.14. The molecule has 0 spiro atoms. The molecule has 1 fully saturated rings. The second-order valence-corrected chi connectivity index (χ2v) is 9.41. The number of hydrogen-bond donors (Lipinski definition) is 2. The summed E-state index contributed by atoms with van der Waals surface area (Å²) in [5.41, 5.74) is 7.00. The van der Waals surface area contributed by atoms with Crippen LogP contribution >= 0.6 is 0 Å². The number of hydrogen-bond acceptors (Lipinski definition) is 7.